The van der Waals surface area contributed by atoms with Crippen LogP contribution in [0.15, 0.2) is 18.3 Å². The second kappa shape index (κ2) is 7.20. The number of aliphatic hydroxyl groups is 1. The Bertz CT molecular complexity index is 600. The Kier molecular flexibility index (Phi) is 5.18. The molecule has 1 N–H and O–H groups in total. The van der Waals surface area contributed by atoms with Crippen LogP contribution in [0.1, 0.15) is 45.7 Å². The lowest BCUT2D eigenvalue weighted by atomic mass is 10.1. The number of carbonyl (C=O) groups excluding carboxylic acids is 1. The van der Waals surface area contributed by atoms with Gasteiger partial charge in [-0.2, -0.15) is 0 Å². The van der Waals surface area contributed by atoms with E-state index in [2.05, 4.69) is 22.0 Å². The van der Waals surface area contributed by atoms with Gasteiger partial charge in [0.05, 0.1) is 0 Å². The van der Waals surface area contributed by atoms with Gasteiger partial charge in [0, 0.05) is 49.4 Å². The van der Waals surface area contributed by atoms with E-state index in [4.69, 9.17) is 9.84 Å². The van der Waals surface area contributed by atoms with Crippen molar-refractivity contribution in [2.75, 3.05) is 24.6 Å². The van der Waals surface area contributed by atoms with E-state index >= 15 is 0 Å². The fraction of sp³-hybridized carbons (Fsp3) is 0.684. The van der Waals surface area contributed by atoms with Crippen LogP contribution in [-0.2, 0) is 11.2 Å². The number of carbonyl (C=O) groups is 1. The molecule has 0 aliphatic carbocycles. The summed E-state index contributed by atoms with van der Waals surface area (Å²) in [5.41, 5.74) is 1.74. The molecule has 2 bridgehead atoms. The predicted octanol–water partition coefficient (Wildman–Crippen LogP) is 2.59. The highest BCUT2D eigenvalue weighted by molar-refractivity contribution is 5.69. The van der Waals surface area contributed by atoms with Gasteiger partial charge in [-0.1, -0.05) is 0 Å². The Morgan fingerprint density at radius 3 is 2.60 bits per heavy atom. The van der Waals surface area contributed by atoms with E-state index in [1.807, 2.05) is 31.9 Å². The molecule has 2 unspecified atom stereocenters. The van der Waals surface area contributed by atoms with Crippen molar-refractivity contribution in [1.82, 2.24) is 9.88 Å². The molecule has 25 heavy (non-hydrogen) atoms. The van der Waals surface area contributed by atoms with Crippen LogP contribution in [0, 0.1) is 0 Å². The highest BCUT2D eigenvalue weighted by Crippen LogP contribution is 2.35. The van der Waals surface area contributed by atoms with Gasteiger partial charge in [-0.15, -0.1) is 0 Å². The fourth-order valence-electron chi connectivity index (χ4n) is 3.82. The molecule has 0 spiro atoms. The molecular weight excluding hydrogens is 318 g/mol. The molecule has 3 rings (SSSR count). The lowest BCUT2D eigenvalue weighted by molar-refractivity contribution is 0.0209. The molecule has 2 aliphatic rings. The van der Waals surface area contributed by atoms with Crippen LogP contribution in [0.3, 0.4) is 0 Å². The zero-order valence-corrected chi connectivity index (χ0v) is 15.4. The Morgan fingerprint density at radius 1 is 1.32 bits per heavy atom. The van der Waals surface area contributed by atoms with E-state index in [0.29, 0.717) is 25.2 Å². The minimum Gasteiger partial charge on any atom is -0.444 e. The molecule has 1 amide bonds. The first-order valence-electron chi connectivity index (χ1n) is 9.19. The molecule has 3 heterocycles. The van der Waals surface area contributed by atoms with Gasteiger partial charge in [-0.25, -0.2) is 4.79 Å². The van der Waals surface area contributed by atoms with Gasteiger partial charge in [0.1, 0.15) is 5.60 Å². The number of hydrogen-bond acceptors (Lipinski definition) is 5. The third-order valence-electron chi connectivity index (χ3n) is 4.82. The third-order valence-corrected chi connectivity index (χ3v) is 4.82. The molecule has 2 fully saturated rings. The summed E-state index contributed by atoms with van der Waals surface area (Å²) in [7, 11) is 0. The second-order valence-electron chi connectivity index (χ2n) is 8.01. The topological polar surface area (TPSA) is 65.9 Å². The monoisotopic (exact) mass is 347 g/mol. The highest BCUT2D eigenvalue weighted by Gasteiger charge is 2.42. The van der Waals surface area contributed by atoms with E-state index < -0.39 is 5.60 Å². The zero-order chi connectivity index (χ0) is 18.0. The molecule has 0 saturated carbocycles. The van der Waals surface area contributed by atoms with Crippen molar-refractivity contribution in [3.8, 4) is 0 Å². The summed E-state index contributed by atoms with van der Waals surface area (Å²) in [6, 6.07) is 4.85. The molecule has 6 nitrogen and oxygen atoms in total. The Hall–Kier alpha value is -1.82. The summed E-state index contributed by atoms with van der Waals surface area (Å²) in [5.74, 6) is 0. The van der Waals surface area contributed by atoms with Gasteiger partial charge in [0.2, 0.25) is 0 Å². The molecule has 1 aromatic heterocycles. The van der Waals surface area contributed by atoms with E-state index in [9.17, 15) is 4.79 Å². The number of likely N-dealkylation sites (tertiary alicyclic amines) is 1. The summed E-state index contributed by atoms with van der Waals surface area (Å²) < 4.78 is 5.54. The standard InChI is InChI=1S/C19H29N3O3/c1-19(2,3)25-18(24)21-12-16-6-7-17(13-21)22(16)15-8-9-20-14(11-15)5-4-10-23/h8-9,11,16-17,23H,4-7,10,12-13H2,1-3H3. The van der Waals surface area contributed by atoms with Crippen molar-refractivity contribution in [3.63, 3.8) is 0 Å². The van der Waals surface area contributed by atoms with E-state index in [1.54, 1.807) is 0 Å². The van der Waals surface area contributed by atoms with Crippen molar-refractivity contribution < 1.29 is 14.6 Å². The Morgan fingerprint density at radius 2 is 2.00 bits per heavy atom. The predicted molar refractivity (Wildman–Crippen MR) is 96.7 cm³/mol. The summed E-state index contributed by atoms with van der Waals surface area (Å²) in [6.45, 7) is 7.31. The summed E-state index contributed by atoms with van der Waals surface area (Å²) >= 11 is 0. The zero-order valence-electron chi connectivity index (χ0n) is 15.4. The molecule has 2 atom stereocenters. The molecule has 138 valence electrons. The molecule has 0 radical (unpaired) electrons. The van der Waals surface area contributed by atoms with E-state index in [1.165, 1.54) is 5.69 Å². The molecule has 1 aromatic rings. The minimum atomic E-state index is -0.458. The highest BCUT2D eigenvalue weighted by atomic mass is 16.6. The fourth-order valence-corrected chi connectivity index (χ4v) is 3.82. The first-order chi connectivity index (χ1) is 11.9. The van der Waals surface area contributed by atoms with Gasteiger partial charge in [-0.05, 0) is 58.6 Å². The largest absolute Gasteiger partial charge is 0.444 e. The number of aromatic nitrogens is 1. The quantitative estimate of drug-likeness (QED) is 0.907. The average Bonchev–Trinajstić information content (AvgIpc) is 2.81. The number of aryl methyl sites for hydroxylation is 1. The number of anilines is 1. The van der Waals surface area contributed by atoms with Gasteiger partial charge in [-0.3, -0.25) is 4.98 Å². The van der Waals surface area contributed by atoms with Crippen LogP contribution >= 0.6 is 0 Å². The number of piperazine rings is 1. The second-order valence-corrected chi connectivity index (χ2v) is 8.01. The van der Waals surface area contributed by atoms with Crippen LogP contribution < -0.4 is 4.90 Å². The van der Waals surface area contributed by atoms with Gasteiger partial charge in [0.15, 0.2) is 0 Å². The van der Waals surface area contributed by atoms with Crippen molar-refractivity contribution in [3.05, 3.63) is 24.0 Å². The smallest absolute Gasteiger partial charge is 0.410 e. The molecule has 6 heteroatoms. The molecule has 0 aromatic carbocycles. The number of aliphatic hydroxyl groups excluding tert-OH is 1. The van der Waals surface area contributed by atoms with Crippen molar-refractivity contribution in [2.24, 2.45) is 0 Å². The lowest BCUT2D eigenvalue weighted by Crippen LogP contribution is -2.56. The minimum absolute atomic E-state index is 0.186. The molecule has 2 aliphatic heterocycles. The number of nitrogens with zero attached hydrogens (tertiary/aromatic N) is 3. The first-order valence-corrected chi connectivity index (χ1v) is 9.19. The van der Waals surface area contributed by atoms with E-state index in [-0.39, 0.29) is 12.7 Å². The van der Waals surface area contributed by atoms with E-state index in [0.717, 1.165) is 31.4 Å². The number of rotatable bonds is 4. The SMILES string of the molecule is CC(C)(C)OC(=O)N1CC2CCC(C1)N2c1ccnc(CCCO)c1. The number of hydrogen-bond donors (Lipinski definition) is 1. The Balaban J connectivity index is 1.70. The van der Waals surface area contributed by atoms with Crippen molar-refractivity contribution in [1.29, 1.82) is 0 Å². The maximum atomic E-state index is 12.4. The third kappa shape index (κ3) is 4.24. The van der Waals surface area contributed by atoms with Crippen LogP contribution in [0.4, 0.5) is 10.5 Å². The number of amides is 1. The summed E-state index contributed by atoms with van der Waals surface area (Å²) in [5, 5.41) is 9.01. The van der Waals surface area contributed by atoms with Crippen LogP contribution in [0.2, 0.25) is 0 Å². The average molecular weight is 347 g/mol. The van der Waals surface area contributed by atoms with Crippen molar-refractivity contribution >= 4 is 11.8 Å². The van der Waals surface area contributed by atoms with Gasteiger partial charge >= 0.3 is 6.09 Å². The normalized spacial score (nSPS) is 23.0. The van der Waals surface area contributed by atoms with Crippen LogP contribution in [0.25, 0.3) is 0 Å². The number of pyridine rings is 1. The number of ether oxygens (including phenoxy) is 1. The van der Waals surface area contributed by atoms with Crippen LogP contribution in [-0.4, -0.2) is 58.5 Å². The molecular formula is C19H29N3O3. The first kappa shape index (κ1) is 18.0. The lowest BCUT2D eigenvalue weighted by Gasteiger charge is -2.42. The summed E-state index contributed by atoms with van der Waals surface area (Å²) in [4.78, 5) is 21.1. The summed E-state index contributed by atoms with van der Waals surface area (Å²) in [6.07, 6.45) is 5.35. The van der Waals surface area contributed by atoms with Gasteiger partial charge < -0.3 is 19.6 Å². The van der Waals surface area contributed by atoms with Gasteiger partial charge in [0.25, 0.3) is 0 Å². The van der Waals surface area contributed by atoms with Crippen molar-refractivity contribution in [2.45, 2.75) is 64.1 Å². The van der Waals surface area contributed by atoms with Crippen LogP contribution in [0.5, 0.6) is 0 Å². The Labute approximate surface area is 149 Å². The maximum absolute atomic E-state index is 12.4. The molecule has 2 saturated heterocycles. The number of fused-ring (bicyclic) bond motifs is 2. The maximum Gasteiger partial charge on any atom is 0.410 e.